The number of anilines is 6. The summed E-state index contributed by atoms with van der Waals surface area (Å²) in [4.78, 5) is 9.89. The van der Waals surface area contributed by atoms with E-state index in [0.717, 1.165) is 68.2 Å². The molecule has 346 valence electrons. The van der Waals surface area contributed by atoms with E-state index in [1.807, 2.05) is 23.5 Å². The third-order valence-corrected chi connectivity index (χ3v) is 17.1. The highest BCUT2D eigenvalue weighted by atomic mass is 32.2. The van der Waals surface area contributed by atoms with Crippen LogP contribution >= 0.6 is 23.5 Å². The molecule has 8 heteroatoms. The van der Waals surface area contributed by atoms with Gasteiger partial charge in [0.2, 0.25) is 13.4 Å². The zero-order valence-electron chi connectivity index (χ0n) is 39.9. The molecule has 0 fully saturated rings. The molecule has 4 aliphatic heterocycles. The Hall–Kier alpha value is -8.55. The average Bonchev–Trinajstić information content (AvgIpc) is 3.51. The van der Waals surface area contributed by atoms with Gasteiger partial charge in [0.05, 0.1) is 0 Å². The minimum atomic E-state index is -0.0276. The Kier molecular flexibility index (Phi) is 10.2. The molecule has 0 unspecified atom stereocenters. The molecule has 0 saturated heterocycles. The Morgan fingerprint density at radius 2 is 0.635 bits per heavy atom. The van der Waals surface area contributed by atoms with Crippen LogP contribution in [0.3, 0.4) is 0 Å². The van der Waals surface area contributed by atoms with Gasteiger partial charge in [-0.15, -0.1) is 0 Å². The predicted molar refractivity (Wildman–Crippen MR) is 310 cm³/mol. The average molecular weight is 981 g/mol. The fourth-order valence-electron chi connectivity index (χ4n) is 11.6. The maximum absolute atomic E-state index is 6.90. The number of rotatable bonds is 8. The van der Waals surface area contributed by atoms with Crippen molar-refractivity contribution >= 4 is 104 Å². The molecule has 0 aliphatic carbocycles. The lowest BCUT2D eigenvalue weighted by atomic mass is 9.31. The van der Waals surface area contributed by atoms with Gasteiger partial charge in [-0.3, -0.25) is 0 Å². The summed E-state index contributed by atoms with van der Waals surface area (Å²) in [5.74, 6) is 3.18. The van der Waals surface area contributed by atoms with Crippen LogP contribution in [-0.2, 0) is 0 Å². The highest BCUT2D eigenvalue weighted by Crippen LogP contribution is 2.49. The Balaban J connectivity index is 0.932. The molecule has 11 aromatic carbocycles. The van der Waals surface area contributed by atoms with E-state index in [2.05, 4.69) is 265 Å². The fraction of sp³-hybridized carbons (Fsp3) is 0. The molecule has 0 bridgehead atoms. The van der Waals surface area contributed by atoms with Crippen LogP contribution in [0.2, 0.25) is 0 Å². The monoisotopic (exact) mass is 980 g/mol. The molecular weight excluding hydrogens is 938 g/mol. The van der Waals surface area contributed by atoms with E-state index in [1.165, 1.54) is 63.5 Å². The second-order valence-corrected chi connectivity index (χ2v) is 21.3. The van der Waals surface area contributed by atoms with Crippen LogP contribution in [0.25, 0.3) is 22.3 Å². The van der Waals surface area contributed by atoms with Gasteiger partial charge in [0.15, 0.2) is 0 Å². The van der Waals surface area contributed by atoms with Crippen molar-refractivity contribution in [2.45, 2.75) is 19.6 Å². The molecule has 0 atom stereocenters. The maximum Gasteiger partial charge on any atom is 0.249 e. The van der Waals surface area contributed by atoms with Gasteiger partial charge in [-0.25, -0.2) is 0 Å². The molecule has 74 heavy (non-hydrogen) atoms. The summed E-state index contributed by atoms with van der Waals surface area (Å²) in [7, 11) is 0. The number of ether oxygens (including phenoxy) is 2. The number of hydrogen-bond acceptors (Lipinski definition) is 6. The van der Waals surface area contributed by atoms with Crippen molar-refractivity contribution in [1.29, 1.82) is 0 Å². The summed E-state index contributed by atoms with van der Waals surface area (Å²) in [6, 6.07) is 91.7. The summed E-state index contributed by atoms with van der Waals surface area (Å²) in [6.07, 6.45) is 0. The molecule has 4 aliphatic rings. The molecule has 4 nitrogen and oxygen atoms in total. The molecule has 0 aromatic heterocycles. The normalized spacial score (nSPS) is 13.2. The van der Waals surface area contributed by atoms with E-state index in [4.69, 9.17) is 9.47 Å². The van der Waals surface area contributed by atoms with Gasteiger partial charge in [0.1, 0.15) is 23.0 Å². The van der Waals surface area contributed by atoms with Crippen LogP contribution in [-0.4, -0.2) is 13.4 Å². The minimum Gasteiger partial charge on any atom is -0.457 e. The quantitative estimate of drug-likeness (QED) is 0.141. The van der Waals surface area contributed by atoms with Crippen molar-refractivity contribution in [1.82, 2.24) is 0 Å². The third kappa shape index (κ3) is 7.20. The largest absolute Gasteiger partial charge is 0.457 e. The van der Waals surface area contributed by atoms with Crippen LogP contribution in [0.1, 0.15) is 0 Å². The van der Waals surface area contributed by atoms with Crippen molar-refractivity contribution in [3.63, 3.8) is 0 Å². The number of fused-ring (bicyclic) bond motifs is 8. The lowest BCUT2D eigenvalue weighted by Crippen LogP contribution is -2.64. The van der Waals surface area contributed by atoms with Gasteiger partial charge in [0.25, 0.3) is 0 Å². The van der Waals surface area contributed by atoms with Gasteiger partial charge in [-0.1, -0.05) is 198 Å². The first kappa shape index (κ1) is 43.1. The second kappa shape index (κ2) is 17.6. The Morgan fingerprint density at radius 3 is 1.05 bits per heavy atom. The molecular formula is C66H42B2N2O2S2. The molecule has 0 N–H and O–H groups in total. The van der Waals surface area contributed by atoms with Crippen LogP contribution in [0.5, 0.6) is 23.0 Å². The summed E-state index contributed by atoms with van der Waals surface area (Å²) >= 11 is 3.68. The lowest BCUT2D eigenvalue weighted by molar-refractivity contribution is 0.481. The highest BCUT2D eigenvalue weighted by Gasteiger charge is 2.46. The molecule has 4 heterocycles. The summed E-state index contributed by atoms with van der Waals surface area (Å²) in [6.45, 7) is -0.0551. The Morgan fingerprint density at radius 1 is 0.270 bits per heavy atom. The Labute approximate surface area is 440 Å². The molecule has 0 saturated carbocycles. The van der Waals surface area contributed by atoms with E-state index in [9.17, 15) is 0 Å². The van der Waals surface area contributed by atoms with Gasteiger partial charge in [-0.2, -0.15) is 0 Å². The van der Waals surface area contributed by atoms with Crippen LogP contribution in [0.15, 0.2) is 274 Å². The SMILES string of the molecule is c1ccc(-c2ccc(Oc3cc4c5c(c3)N(c3ccccc3)c3cc6c(cc3B5c3ccccc3S4)B3c4ccccc4Sc4cc(Oc5ccc(-c7ccccc7)cc5)cc(c43)N6c3ccccc3)cc2)cc1. The van der Waals surface area contributed by atoms with Gasteiger partial charge in [0, 0.05) is 65.8 Å². The summed E-state index contributed by atoms with van der Waals surface area (Å²) < 4.78 is 13.8. The highest BCUT2D eigenvalue weighted by molar-refractivity contribution is 8.00. The summed E-state index contributed by atoms with van der Waals surface area (Å²) in [5.41, 5.74) is 19.1. The number of hydrogen-bond donors (Lipinski definition) is 0. The standard InChI is InChI=1S/C66H42B2N2O2S2/c1-5-17-43(18-6-1)45-29-33-49(34-30-45)71-51-37-59-65-63(39-51)73-61-27-15-13-25-53(61)67(65)55-41-56-58(42-57(55)69(59)47-21-9-3-10-22-47)70(48-23-11-4-12-24-48)60-38-52(40-64-66(60)68(56)54-26-14-16-28-62(54)74-64)72-50-35-31-46(32-36-50)44-19-7-2-8-20-44/h1-42H. The number of para-hydroxylation sites is 2. The summed E-state index contributed by atoms with van der Waals surface area (Å²) in [5, 5.41) is 0. The van der Waals surface area contributed by atoms with E-state index in [1.54, 1.807) is 0 Å². The number of nitrogens with zero attached hydrogens (tertiary/aromatic N) is 2. The van der Waals surface area contributed by atoms with Crippen molar-refractivity contribution < 1.29 is 9.47 Å². The van der Waals surface area contributed by atoms with Crippen molar-refractivity contribution in [3.05, 3.63) is 255 Å². The second-order valence-electron chi connectivity index (χ2n) is 19.2. The predicted octanol–water partition coefficient (Wildman–Crippen LogP) is 14.1. The van der Waals surface area contributed by atoms with Crippen LogP contribution < -0.4 is 52.1 Å². The zero-order chi connectivity index (χ0) is 48.7. The van der Waals surface area contributed by atoms with Gasteiger partial charge >= 0.3 is 0 Å². The van der Waals surface area contributed by atoms with E-state index in [-0.39, 0.29) is 13.4 Å². The van der Waals surface area contributed by atoms with Gasteiger partial charge in [-0.05, 0) is 123 Å². The van der Waals surface area contributed by atoms with Crippen LogP contribution in [0.4, 0.5) is 34.1 Å². The van der Waals surface area contributed by atoms with E-state index < -0.39 is 0 Å². The van der Waals surface area contributed by atoms with Crippen molar-refractivity contribution in [2.75, 3.05) is 9.80 Å². The molecule has 0 amide bonds. The van der Waals surface area contributed by atoms with Crippen molar-refractivity contribution in [2.24, 2.45) is 0 Å². The minimum absolute atomic E-state index is 0.0276. The van der Waals surface area contributed by atoms with E-state index >= 15 is 0 Å². The number of benzene rings is 11. The molecule has 11 aromatic rings. The Bertz CT molecular complexity index is 3720. The first-order valence-electron chi connectivity index (χ1n) is 25.1. The topological polar surface area (TPSA) is 24.9 Å². The van der Waals surface area contributed by atoms with Crippen LogP contribution in [0, 0.1) is 0 Å². The lowest BCUT2D eigenvalue weighted by Gasteiger charge is -2.44. The first-order valence-corrected chi connectivity index (χ1v) is 26.7. The molecule has 15 rings (SSSR count). The smallest absolute Gasteiger partial charge is 0.249 e. The van der Waals surface area contributed by atoms with Gasteiger partial charge < -0.3 is 19.3 Å². The third-order valence-electron chi connectivity index (χ3n) is 14.8. The maximum atomic E-state index is 6.90. The fourth-order valence-corrected chi connectivity index (χ4v) is 14.0. The first-order chi connectivity index (χ1) is 36.7. The van der Waals surface area contributed by atoms with E-state index in [0.29, 0.717) is 0 Å². The molecule has 0 radical (unpaired) electrons. The van der Waals surface area contributed by atoms with Crippen molar-refractivity contribution in [3.8, 4) is 45.3 Å². The molecule has 0 spiro atoms. The zero-order valence-corrected chi connectivity index (χ0v) is 41.6.